The molecule has 1 N–H and O–H groups in total. The average Bonchev–Trinajstić information content (AvgIpc) is 2.78. The number of carboxylic acid groups (broad SMARTS) is 1. The number of imidazole rings is 1. The molecule has 1 saturated heterocycles. The van der Waals surface area contributed by atoms with Crippen molar-refractivity contribution in [2.75, 3.05) is 18.1 Å². The van der Waals surface area contributed by atoms with Gasteiger partial charge in [-0.1, -0.05) is 6.92 Å². The maximum absolute atomic E-state index is 11.2. The van der Waals surface area contributed by atoms with Crippen molar-refractivity contribution in [3.63, 3.8) is 0 Å². The van der Waals surface area contributed by atoms with Crippen LogP contribution in [0.1, 0.15) is 19.0 Å². The summed E-state index contributed by atoms with van der Waals surface area (Å²) < 4.78 is 2.11. The first-order valence-electron chi connectivity index (χ1n) is 6.26. The lowest BCUT2D eigenvalue weighted by atomic mass is 10.2. The minimum absolute atomic E-state index is 0.367. The van der Waals surface area contributed by atoms with E-state index in [0.717, 1.165) is 31.0 Å². The van der Waals surface area contributed by atoms with Crippen LogP contribution in [0.5, 0.6) is 0 Å². The summed E-state index contributed by atoms with van der Waals surface area (Å²) >= 11 is 1.72. The maximum Gasteiger partial charge on any atom is 0.321 e. The smallest absolute Gasteiger partial charge is 0.321 e. The fraction of sp³-hybridized carbons (Fsp3) is 0.667. The highest BCUT2D eigenvalue weighted by atomic mass is 32.2. The molecule has 5 nitrogen and oxygen atoms in total. The van der Waals surface area contributed by atoms with E-state index < -0.39 is 5.97 Å². The number of aromatic nitrogens is 2. The molecule has 100 valence electrons. The third-order valence-electron chi connectivity index (χ3n) is 3.15. The summed E-state index contributed by atoms with van der Waals surface area (Å²) in [5, 5.41) is 9.23. The van der Waals surface area contributed by atoms with E-state index in [1.165, 1.54) is 0 Å². The number of aliphatic carboxylic acids is 1. The van der Waals surface area contributed by atoms with Gasteiger partial charge in [-0.15, -0.1) is 0 Å². The Hall–Kier alpha value is -1.01. The van der Waals surface area contributed by atoms with Crippen LogP contribution in [0.4, 0.5) is 0 Å². The van der Waals surface area contributed by atoms with Crippen molar-refractivity contribution in [2.24, 2.45) is 0 Å². The van der Waals surface area contributed by atoms with Crippen molar-refractivity contribution in [1.29, 1.82) is 0 Å². The molecular weight excluding hydrogens is 250 g/mol. The molecule has 2 heterocycles. The van der Waals surface area contributed by atoms with Crippen LogP contribution in [0.15, 0.2) is 12.5 Å². The highest BCUT2D eigenvalue weighted by Gasteiger charge is 2.29. The molecule has 0 amide bonds. The van der Waals surface area contributed by atoms with Crippen molar-refractivity contribution in [2.45, 2.75) is 32.5 Å². The van der Waals surface area contributed by atoms with Gasteiger partial charge < -0.3 is 9.67 Å². The van der Waals surface area contributed by atoms with Gasteiger partial charge >= 0.3 is 5.97 Å². The van der Waals surface area contributed by atoms with Crippen molar-refractivity contribution in [3.8, 4) is 0 Å². The van der Waals surface area contributed by atoms with Crippen LogP contribution in [0, 0.1) is 0 Å². The zero-order chi connectivity index (χ0) is 13.0. The fourth-order valence-corrected chi connectivity index (χ4v) is 3.29. The topological polar surface area (TPSA) is 58.4 Å². The normalized spacial score (nSPS) is 21.1. The molecule has 0 aromatic carbocycles. The summed E-state index contributed by atoms with van der Waals surface area (Å²) in [6.07, 6.45) is 4.73. The van der Waals surface area contributed by atoms with E-state index in [4.69, 9.17) is 0 Å². The van der Waals surface area contributed by atoms with Gasteiger partial charge in [-0.2, -0.15) is 11.8 Å². The standard InChI is InChI=1S/C12H19N3O2S/c1-2-3-15-9-13-6-10(15)7-14-4-5-18-8-11(14)12(16)17/h6,9,11H,2-5,7-8H2,1H3,(H,16,17). The van der Waals surface area contributed by atoms with Gasteiger partial charge in [0.2, 0.25) is 0 Å². The molecule has 1 aromatic rings. The first kappa shape index (κ1) is 13.4. The summed E-state index contributed by atoms with van der Waals surface area (Å²) in [7, 11) is 0. The molecule has 1 unspecified atom stereocenters. The lowest BCUT2D eigenvalue weighted by Gasteiger charge is -2.32. The van der Waals surface area contributed by atoms with Crippen LogP contribution in [0.25, 0.3) is 0 Å². The van der Waals surface area contributed by atoms with Gasteiger partial charge in [0.05, 0.1) is 12.0 Å². The molecule has 6 heteroatoms. The summed E-state index contributed by atoms with van der Waals surface area (Å²) in [5.41, 5.74) is 1.11. The second-order valence-corrected chi connectivity index (χ2v) is 5.63. The monoisotopic (exact) mass is 269 g/mol. The lowest BCUT2D eigenvalue weighted by Crippen LogP contribution is -2.46. The number of carbonyl (C=O) groups is 1. The maximum atomic E-state index is 11.2. The highest BCUT2D eigenvalue weighted by molar-refractivity contribution is 7.99. The van der Waals surface area contributed by atoms with Gasteiger partial charge in [-0.05, 0) is 6.42 Å². The third-order valence-corrected chi connectivity index (χ3v) is 4.18. The minimum Gasteiger partial charge on any atom is -0.480 e. The lowest BCUT2D eigenvalue weighted by molar-refractivity contribution is -0.142. The average molecular weight is 269 g/mol. The Morgan fingerprint density at radius 2 is 2.50 bits per heavy atom. The Kier molecular flexibility index (Phi) is 4.66. The molecule has 0 saturated carbocycles. The van der Waals surface area contributed by atoms with Gasteiger partial charge in [0, 0.05) is 37.3 Å². The Morgan fingerprint density at radius 3 is 3.22 bits per heavy atom. The van der Waals surface area contributed by atoms with E-state index >= 15 is 0 Å². The minimum atomic E-state index is -0.719. The first-order chi connectivity index (χ1) is 8.72. The Labute approximate surface area is 111 Å². The van der Waals surface area contributed by atoms with E-state index in [0.29, 0.717) is 12.3 Å². The number of hydrogen-bond acceptors (Lipinski definition) is 4. The van der Waals surface area contributed by atoms with Gasteiger partial charge in [0.15, 0.2) is 0 Å². The number of hydrogen-bond donors (Lipinski definition) is 1. The molecular formula is C12H19N3O2S. The van der Waals surface area contributed by atoms with Crippen molar-refractivity contribution < 1.29 is 9.90 Å². The zero-order valence-electron chi connectivity index (χ0n) is 10.6. The van der Waals surface area contributed by atoms with Crippen LogP contribution in [-0.4, -0.2) is 49.6 Å². The molecule has 2 rings (SSSR count). The van der Waals surface area contributed by atoms with Crippen molar-refractivity contribution >= 4 is 17.7 Å². The van der Waals surface area contributed by atoms with Crippen molar-refractivity contribution in [1.82, 2.24) is 14.5 Å². The Balaban J connectivity index is 2.06. The summed E-state index contributed by atoms with van der Waals surface area (Å²) in [6, 6.07) is -0.367. The van der Waals surface area contributed by atoms with E-state index in [-0.39, 0.29) is 6.04 Å². The van der Waals surface area contributed by atoms with E-state index in [9.17, 15) is 9.90 Å². The van der Waals surface area contributed by atoms with E-state index in [2.05, 4.69) is 16.5 Å². The number of nitrogens with zero attached hydrogens (tertiary/aromatic N) is 3. The fourth-order valence-electron chi connectivity index (χ4n) is 2.18. The first-order valence-corrected chi connectivity index (χ1v) is 7.41. The van der Waals surface area contributed by atoms with Gasteiger partial charge in [-0.25, -0.2) is 4.98 Å². The summed E-state index contributed by atoms with van der Waals surface area (Å²) in [5.74, 6) is 0.965. The molecule has 0 radical (unpaired) electrons. The van der Waals surface area contributed by atoms with Crippen LogP contribution >= 0.6 is 11.8 Å². The third kappa shape index (κ3) is 3.05. The number of rotatable bonds is 5. The van der Waals surface area contributed by atoms with Gasteiger partial charge in [-0.3, -0.25) is 9.69 Å². The molecule has 1 aliphatic heterocycles. The molecule has 1 fully saturated rings. The largest absolute Gasteiger partial charge is 0.480 e. The number of carboxylic acids is 1. The van der Waals surface area contributed by atoms with Crippen LogP contribution < -0.4 is 0 Å². The van der Waals surface area contributed by atoms with Crippen molar-refractivity contribution in [3.05, 3.63) is 18.2 Å². The second kappa shape index (κ2) is 6.24. The molecule has 0 bridgehead atoms. The highest BCUT2D eigenvalue weighted by Crippen LogP contribution is 2.19. The molecule has 1 atom stereocenters. The predicted molar refractivity (Wildman–Crippen MR) is 71.7 cm³/mol. The SMILES string of the molecule is CCCn1cncc1CN1CCSCC1C(=O)O. The Morgan fingerprint density at radius 1 is 1.67 bits per heavy atom. The summed E-state index contributed by atoms with van der Waals surface area (Å²) in [6.45, 7) is 4.58. The van der Waals surface area contributed by atoms with Crippen LogP contribution in [0.3, 0.4) is 0 Å². The van der Waals surface area contributed by atoms with E-state index in [1.54, 1.807) is 11.8 Å². The summed E-state index contributed by atoms with van der Waals surface area (Å²) in [4.78, 5) is 17.4. The van der Waals surface area contributed by atoms with E-state index in [1.807, 2.05) is 17.4 Å². The molecule has 18 heavy (non-hydrogen) atoms. The molecule has 0 aliphatic carbocycles. The number of aryl methyl sites for hydroxylation is 1. The predicted octanol–water partition coefficient (Wildman–Crippen LogP) is 1.30. The van der Waals surface area contributed by atoms with Crippen LogP contribution in [0.2, 0.25) is 0 Å². The quantitative estimate of drug-likeness (QED) is 0.873. The zero-order valence-corrected chi connectivity index (χ0v) is 11.4. The van der Waals surface area contributed by atoms with Gasteiger partial charge in [0.25, 0.3) is 0 Å². The second-order valence-electron chi connectivity index (χ2n) is 4.48. The molecule has 1 aliphatic rings. The molecule has 0 spiro atoms. The Bertz CT molecular complexity index is 408. The number of thioether (sulfide) groups is 1. The van der Waals surface area contributed by atoms with Gasteiger partial charge in [0.1, 0.15) is 6.04 Å². The van der Waals surface area contributed by atoms with Crippen LogP contribution in [-0.2, 0) is 17.9 Å². The molecule has 1 aromatic heterocycles.